The molecule has 2 rings (SSSR count). The fourth-order valence-corrected chi connectivity index (χ4v) is 3.86. The highest BCUT2D eigenvalue weighted by molar-refractivity contribution is 9.10. The summed E-state index contributed by atoms with van der Waals surface area (Å²) in [5.74, 6) is 0. The molecule has 1 heterocycles. The fraction of sp³-hybridized carbons (Fsp3) is 0.333. The van der Waals surface area contributed by atoms with E-state index < -0.39 is 0 Å². The number of rotatable bonds is 5. The zero-order valence-electron chi connectivity index (χ0n) is 10.4. The van der Waals surface area contributed by atoms with Crippen LogP contribution in [0.5, 0.6) is 0 Å². The third-order valence-corrected chi connectivity index (χ3v) is 5.20. The maximum Gasteiger partial charge on any atom is 0.0531 e. The van der Waals surface area contributed by atoms with Crippen LogP contribution in [0.15, 0.2) is 46.3 Å². The molecule has 2 aromatic rings. The molecule has 96 valence electrons. The van der Waals surface area contributed by atoms with Gasteiger partial charge in [0.1, 0.15) is 0 Å². The average molecular weight is 325 g/mol. The van der Waals surface area contributed by atoms with Gasteiger partial charge >= 0.3 is 0 Å². The monoisotopic (exact) mass is 324 g/mol. The molecule has 0 bridgehead atoms. The summed E-state index contributed by atoms with van der Waals surface area (Å²) in [6, 6.07) is 12.5. The Morgan fingerprint density at radius 1 is 1.28 bits per heavy atom. The summed E-state index contributed by atoms with van der Waals surface area (Å²) in [4.78, 5) is 1.31. The van der Waals surface area contributed by atoms with Crippen LogP contribution in [-0.2, 0) is 11.8 Å². The van der Waals surface area contributed by atoms with Crippen molar-refractivity contribution in [1.82, 2.24) is 0 Å². The highest BCUT2D eigenvalue weighted by Gasteiger charge is 2.30. The second-order valence-electron chi connectivity index (χ2n) is 4.57. The van der Waals surface area contributed by atoms with Crippen molar-refractivity contribution in [1.29, 1.82) is 0 Å². The van der Waals surface area contributed by atoms with Gasteiger partial charge < -0.3 is 5.11 Å². The molecular weight excluding hydrogens is 308 g/mol. The molecule has 1 atom stereocenters. The summed E-state index contributed by atoms with van der Waals surface area (Å²) in [6.45, 7) is 2.33. The van der Waals surface area contributed by atoms with Crippen molar-refractivity contribution in [3.8, 4) is 0 Å². The van der Waals surface area contributed by atoms with Crippen molar-refractivity contribution in [2.75, 3.05) is 6.61 Å². The van der Waals surface area contributed by atoms with Gasteiger partial charge in [0.15, 0.2) is 0 Å². The quantitative estimate of drug-likeness (QED) is 0.864. The molecule has 0 fully saturated rings. The maximum absolute atomic E-state index is 9.89. The van der Waals surface area contributed by atoms with Crippen molar-refractivity contribution in [2.45, 2.75) is 25.2 Å². The fourth-order valence-electron chi connectivity index (χ4n) is 2.26. The predicted molar refractivity (Wildman–Crippen MR) is 81.2 cm³/mol. The minimum atomic E-state index is -0.161. The van der Waals surface area contributed by atoms with Crippen LogP contribution >= 0.6 is 27.3 Å². The van der Waals surface area contributed by atoms with E-state index in [1.807, 2.05) is 18.2 Å². The Morgan fingerprint density at radius 3 is 2.50 bits per heavy atom. The van der Waals surface area contributed by atoms with E-state index in [2.05, 4.69) is 46.4 Å². The third-order valence-electron chi connectivity index (χ3n) is 3.50. The van der Waals surface area contributed by atoms with Gasteiger partial charge in [0.25, 0.3) is 0 Å². The van der Waals surface area contributed by atoms with Crippen molar-refractivity contribution in [2.24, 2.45) is 0 Å². The van der Waals surface area contributed by atoms with Crippen LogP contribution in [0.25, 0.3) is 0 Å². The van der Waals surface area contributed by atoms with Gasteiger partial charge in [-0.15, -0.1) is 11.3 Å². The molecule has 0 aliphatic rings. The van der Waals surface area contributed by atoms with Crippen LogP contribution in [0.1, 0.15) is 23.8 Å². The molecule has 1 unspecified atom stereocenters. The van der Waals surface area contributed by atoms with Crippen LogP contribution < -0.4 is 0 Å². The first-order valence-electron chi connectivity index (χ1n) is 6.09. The summed E-state index contributed by atoms with van der Waals surface area (Å²) in [7, 11) is 0. The SMILES string of the molecule is CCC(CO)(Cc1cc(Br)cs1)c1ccccc1. The smallest absolute Gasteiger partial charge is 0.0531 e. The lowest BCUT2D eigenvalue weighted by molar-refractivity contribution is 0.187. The molecule has 0 amide bonds. The number of halogens is 1. The van der Waals surface area contributed by atoms with Gasteiger partial charge in [-0.3, -0.25) is 0 Å². The summed E-state index contributed by atoms with van der Waals surface area (Å²) in [5.41, 5.74) is 1.06. The lowest BCUT2D eigenvalue weighted by atomic mass is 9.76. The van der Waals surface area contributed by atoms with Crippen LogP contribution in [0, 0.1) is 0 Å². The second-order valence-corrected chi connectivity index (χ2v) is 6.48. The van der Waals surface area contributed by atoms with Gasteiger partial charge in [0.05, 0.1) is 6.61 Å². The highest BCUT2D eigenvalue weighted by atomic mass is 79.9. The topological polar surface area (TPSA) is 20.2 Å². The van der Waals surface area contributed by atoms with E-state index in [0.29, 0.717) is 0 Å². The molecule has 1 aromatic heterocycles. The van der Waals surface area contributed by atoms with Gasteiger partial charge in [-0.1, -0.05) is 37.3 Å². The zero-order chi connectivity index (χ0) is 13.0. The molecular formula is C15H17BrOS. The van der Waals surface area contributed by atoms with E-state index in [9.17, 15) is 5.11 Å². The van der Waals surface area contributed by atoms with Crippen molar-refractivity contribution in [3.05, 3.63) is 56.7 Å². The molecule has 3 heteroatoms. The van der Waals surface area contributed by atoms with E-state index >= 15 is 0 Å². The first-order valence-corrected chi connectivity index (χ1v) is 7.77. The van der Waals surface area contributed by atoms with E-state index in [-0.39, 0.29) is 12.0 Å². The van der Waals surface area contributed by atoms with Gasteiger partial charge in [-0.2, -0.15) is 0 Å². The van der Waals surface area contributed by atoms with E-state index in [0.717, 1.165) is 17.3 Å². The summed E-state index contributed by atoms with van der Waals surface area (Å²) >= 11 is 5.23. The number of thiophene rings is 1. The minimum Gasteiger partial charge on any atom is -0.395 e. The summed E-state index contributed by atoms with van der Waals surface area (Å²) < 4.78 is 1.12. The molecule has 0 spiro atoms. The molecule has 1 aromatic carbocycles. The Bertz CT molecular complexity index is 488. The van der Waals surface area contributed by atoms with Crippen molar-refractivity contribution in [3.63, 3.8) is 0 Å². The number of hydrogen-bond donors (Lipinski definition) is 1. The third kappa shape index (κ3) is 2.85. The van der Waals surface area contributed by atoms with Gasteiger partial charge in [0, 0.05) is 20.1 Å². The zero-order valence-corrected chi connectivity index (χ0v) is 12.8. The minimum absolute atomic E-state index is 0.161. The molecule has 0 saturated heterocycles. The molecule has 1 nitrogen and oxygen atoms in total. The number of aliphatic hydroxyl groups excluding tert-OH is 1. The van der Waals surface area contributed by atoms with E-state index in [1.54, 1.807) is 11.3 Å². The standard InChI is InChI=1S/C15H17BrOS/c1-2-15(11-17,12-6-4-3-5-7-12)9-14-8-13(16)10-18-14/h3-8,10,17H,2,9,11H2,1H3. The summed E-state index contributed by atoms with van der Waals surface area (Å²) in [6.07, 6.45) is 1.82. The van der Waals surface area contributed by atoms with Crippen molar-refractivity contribution >= 4 is 27.3 Å². The Kier molecular flexibility index (Phi) is 4.60. The van der Waals surface area contributed by atoms with Gasteiger partial charge in [0.2, 0.25) is 0 Å². The first-order chi connectivity index (χ1) is 8.70. The van der Waals surface area contributed by atoms with Crippen LogP contribution in [0.3, 0.4) is 0 Å². The van der Waals surface area contributed by atoms with Crippen LogP contribution in [0.2, 0.25) is 0 Å². The molecule has 0 aliphatic carbocycles. The lowest BCUT2D eigenvalue weighted by Crippen LogP contribution is -2.32. The normalized spacial score (nSPS) is 14.4. The Morgan fingerprint density at radius 2 is 2.00 bits per heavy atom. The highest BCUT2D eigenvalue weighted by Crippen LogP contribution is 2.34. The molecule has 0 saturated carbocycles. The lowest BCUT2D eigenvalue weighted by Gasteiger charge is -2.31. The Balaban J connectivity index is 2.32. The van der Waals surface area contributed by atoms with E-state index in [1.165, 1.54) is 10.4 Å². The molecule has 1 N–H and O–H groups in total. The van der Waals surface area contributed by atoms with Crippen molar-refractivity contribution < 1.29 is 5.11 Å². The molecule has 18 heavy (non-hydrogen) atoms. The van der Waals surface area contributed by atoms with Gasteiger partial charge in [-0.25, -0.2) is 0 Å². The van der Waals surface area contributed by atoms with Crippen LogP contribution in [0.4, 0.5) is 0 Å². The van der Waals surface area contributed by atoms with Crippen LogP contribution in [-0.4, -0.2) is 11.7 Å². The number of aliphatic hydroxyl groups is 1. The molecule has 0 aliphatic heterocycles. The summed E-state index contributed by atoms with van der Waals surface area (Å²) in [5, 5.41) is 12.0. The molecule has 0 radical (unpaired) electrons. The Hall–Kier alpha value is -0.640. The largest absolute Gasteiger partial charge is 0.395 e. The maximum atomic E-state index is 9.89. The second kappa shape index (κ2) is 6.00. The van der Waals surface area contributed by atoms with E-state index in [4.69, 9.17) is 0 Å². The predicted octanol–water partition coefficient (Wildman–Crippen LogP) is 4.39. The average Bonchev–Trinajstić information content (AvgIpc) is 2.82. The van der Waals surface area contributed by atoms with Gasteiger partial charge in [-0.05, 0) is 40.4 Å². The number of benzene rings is 1. The Labute approximate surface area is 121 Å². The first kappa shape index (κ1) is 13.8. The number of hydrogen-bond acceptors (Lipinski definition) is 2.